The average molecular weight is 330 g/mol. The molecule has 0 heterocycles. The quantitative estimate of drug-likeness (QED) is 0.744. The Labute approximate surface area is 133 Å². The van der Waals surface area contributed by atoms with E-state index in [9.17, 15) is 8.42 Å². The zero-order chi connectivity index (χ0) is 15.5. The van der Waals surface area contributed by atoms with Crippen LogP contribution in [0.4, 0.5) is 0 Å². The summed E-state index contributed by atoms with van der Waals surface area (Å²) in [6.45, 7) is 2.60. The third kappa shape index (κ3) is 3.79. The third-order valence-corrected chi connectivity index (χ3v) is 6.56. The highest BCUT2D eigenvalue weighted by Gasteiger charge is 2.27. The van der Waals surface area contributed by atoms with E-state index in [4.69, 9.17) is 11.6 Å². The van der Waals surface area contributed by atoms with Gasteiger partial charge in [0.1, 0.15) is 0 Å². The van der Waals surface area contributed by atoms with Crippen LogP contribution in [0, 0.1) is 5.92 Å². The van der Waals surface area contributed by atoms with E-state index in [1.807, 2.05) is 19.1 Å². The molecule has 0 radical (unpaired) electrons. The number of alkyl halides is 1. The second-order valence-corrected chi connectivity index (χ2v) is 8.15. The van der Waals surface area contributed by atoms with Gasteiger partial charge >= 0.3 is 0 Å². The Morgan fingerprint density at radius 1 is 1.29 bits per heavy atom. The number of aryl methyl sites for hydroxylation is 1. The molecule has 0 aliphatic heterocycles. The molecule has 1 aliphatic rings. The van der Waals surface area contributed by atoms with Crippen LogP contribution in [0.3, 0.4) is 0 Å². The molecule has 1 saturated carbocycles. The molecule has 1 aliphatic carbocycles. The van der Waals surface area contributed by atoms with Crippen LogP contribution in [0.15, 0.2) is 23.1 Å². The molecule has 5 heteroatoms. The minimum absolute atomic E-state index is 0.332. The first-order valence-electron chi connectivity index (χ1n) is 7.63. The molecule has 0 spiro atoms. The van der Waals surface area contributed by atoms with Gasteiger partial charge in [-0.05, 0) is 42.4 Å². The molecule has 0 amide bonds. The number of hydrogen-bond donors (Lipinski definition) is 0. The zero-order valence-electron chi connectivity index (χ0n) is 12.8. The highest BCUT2D eigenvalue weighted by atomic mass is 35.5. The summed E-state index contributed by atoms with van der Waals surface area (Å²) in [5, 5.41) is 0. The van der Waals surface area contributed by atoms with Crippen LogP contribution in [0.5, 0.6) is 0 Å². The largest absolute Gasteiger partial charge is 0.243 e. The average Bonchev–Trinajstić information content (AvgIpc) is 2.99. The summed E-state index contributed by atoms with van der Waals surface area (Å²) in [6, 6.07) is 5.52. The van der Waals surface area contributed by atoms with Crippen molar-refractivity contribution in [2.45, 2.75) is 49.8 Å². The van der Waals surface area contributed by atoms with Gasteiger partial charge in [-0.1, -0.05) is 31.9 Å². The van der Waals surface area contributed by atoms with Crippen molar-refractivity contribution in [2.24, 2.45) is 5.92 Å². The van der Waals surface area contributed by atoms with Crippen molar-refractivity contribution in [1.82, 2.24) is 4.31 Å². The Morgan fingerprint density at radius 3 is 2.52 bits per heavy atom. The maximum absolute atomic E-state index is 12.9. The summed E-state index contributed by atoms with van der Waals surface area (Å²) >= 11 is 5.85. The van der Waals surface area contributed by atoms with Gasteiger partial charge in [-0.25, -0.2) is 12.7 Å². The maximum atomic E-state index is 12.9. The molecular weight excluding hydrogens is 306 g/mol. The molecule has 0 bridgehead atoms. The van der Waals surface area contributed by atoms with E-state index in [0.29, 0.717) is 29.7 Å². The summed E-state index contributed by atoms with van der Waals surface area (Å²) in [5.74, 6) is 0.838. The lowest BCUT2D eigenvalue weighted by atomic mass is 10.1. The van der Waals surface area contributed by atoms with Gasteiger partial charge in [-0.3, -0.25) is 0 Å². The number of rotatable bonds is 6. The number of sulfonamides is 1. The van der Waals surface area contributed by atoms with E-state index in [-0.39, 0.29) is 0 Å². The van der Waals surface area contributed by atoms with E-state index in [2.05, 4.69) is 0 Å². The Kier molecular flexibility index (Phi) is 5.69. The SMILES string of the molecule is CCc1ccc(CCl)cc1S(=O)(=O)N(C)CC1CCCC1. The van der Waals surface area contributed by atoms with Gasteiger partial charge in [0.15, 0.2) is 0 Å². The van der Waals surface area contributed by atoms with Crippen LogP contribution in [0.2, 0.25) is 0 Å². The van der Waals surface area contributed by atoms with E-state index in [1.54, 1.807) is 13.1 Å². The van der Waals surface area contributed by atoms with Gasteiger partial charge in [-0.2, -0.15) is 0 Å². The van der Waals surface area contributed by atoms with Gasteiger partial charge in [0.2, 0.25) is 10.0 Å². The molecule has 1 aromatic rings. The van der Waals surface area contributed by atoms with Gasteiger partial charge in [0, 0.05) is 19.5 Å². The van der Waals surface area contributed by atoms with Crippen molar-refractivity contribution in [3.05, 3.63) is 29.3 Å². The summed E-state index contributed by atoms with van der Waals surface area (Å²) in [7, 11) is -1.73. The van der Waals surface area contributed by atoms with Crippen LogP contribution in [-0.4, -0.2) is 26.3 Å². The molecule has 0 N–H and O–H groups in total. The fourth-order valence-electron chi connectivity index (χ4n) is 3.04. The zero-order valence-corrected chi connectivity index (χ0v) is 14.4. The second kappa shape index (κ2) is 7.12. The number of halogens is 1. The molecule has 0 aromatic heterocycles. The maximum Gasteiger partial charge on any atom is 0.243 e. The highest BCUT2D eigenvalue weighted by molar-refractivity contribution is 7.89. The summed E-state index contributed by atoms with van der Waals surface area (Å²) in [4.78, 5) is 0.420. The van der Waals surface area contributed by atoms with E-state index in [1.165, 1.54) is 17.1 Å². The van der Waals surface area contributed by atoms with Crippen LogP contribution in [0.25, 0.3) is 0 Å². The molecular formula is C16H24ClNO2S. The first-order valence-corrected chi connectivity index (χ1v) is 9.60. The molecule has 0 unspecified atom stereocenters. The second-order valence-electron chi connectivity index (χ2n) is 5.87. The van der Waals surface area contributed by atoms with Crippen molar-refractivity contribution in [3.63, 3.8) is 0 Å². The van der Waals surface area contributed by atoms with E-state index in [0.717, 1.165) is 24.0 Å². The van der Waals surface area contributed by atoms with Crippen LogP contribution in [-0.2, 0) is 22.3 Å². The van der Waals surface area contributed by atoms with Crippen LogP contribution >= 0.6 is 11.6 Å². The summed E-state index contributed by atoms with van der Waals surface area (Å²) in [5.41, 5.74) is 1.71. The van der Waals surface area contributed by atoms with E-state index >= 15 is 0 Å². The lowest BCUT2D eigenvalue weighted by molar-refractivity contribution is 0.387. The Balaban J connectivity index is 2.28. The third-order valence-electron chi connectivity index (χ3n) is 4.35. The Hall–Kier alpha value is -0.580. The minimum Gasteiger partial charge on any atom is -0.207 e. The Bertz CT molecular complexity index is 580. The number of nitrogens with zero attached hydrogens (tertiary/aromatic N) is 1. The topological polar surface area (TPSA) is 37.4 Å². The first kappa shape index (κ1) is 16.8. The predicted molar refractivity (Wildman–Crippen MR) is 87.2 cm³/mol. The lowest BCUT2D eigenvalue weighted by Gasteiger charge is -2.22. The standard InChI is InChI=1S/C16H24ClNO2S/c1-3-15-9-8-14(11-17)10-16(15)21(19,20)18(2)12-13-6-4-5-7-13/h8-10,13H,3-7,11-12H2,1-2H3. The van der Waals surface area contributed by atoms with Gasteiger partial charge in [0.05, 0.1) is 4.90 Å². The minimum atomic E-state index is -3.43. The molecule has 1 aromatic carbocycles. The molecule has 1 fully saturated rings. The van der Waals surface area contributed by atoms with Crippen molar-refractivity contribution < 1.29 is 8.42 Å². The summed E-state index contributed by atoms with van der Waals surface area (Å²) in [6.07, 6.45) is 5.43. The van der Waals surface area contributed by atoms with Crippen molar-refractivity contribution >= 4 is 21.6 Å². The molecule has 118 valence electrons. The molecule has 0 saturated heterocycles. The molecule has 21 heavy (non-hydrogen) atoms. The van der Waals surface area contributed by atoms with Crippen molar-refractivity contribution in [2.75, 3.05) is 13.6 Å². The molecule has 2 rings (SSSR count). The fraction of sp³-hybridized carbons (Fsp3) is 0.625. The van der Waals surface area contributed by atoms with Gasteiger partial charge < -0.3 is 0 Å². The molecule has 3 nitrogen and oxygen atoms in total. The number of hydrogen-bond acceptors (Lipinski definition) is 2. The summed E-state index contributed by atoms with van der Waals surface area (Å²) < 4.78 is 27.2. The fourth-order valence-corrected chi connectivity index (χ4v) is 4.79. The van der Waals surface area contributed by atoms with Crippen LogP contribution < -0.4 is 0 Å². The number of benzene rings is 1. The normalized spacial score (nSPS) is 16.8. The smallest absolute Gasteiger partial charge is 0.207 e. The monoisotopic (exact) mass is 329 g/mol. The van der Waals surface area contributed by atoms with Crippen LogP contribution in [0.1, 0.15) is 43.7 Å². The molecule has 0 atom stereocenters. The van der Waals surface area contributed by atoms with E-state index < -0.39 is 10.0 Å². The van der Waals surface area contributed by atoms with Crippen molar-refractivity contribution in [3.8, 4) is 0 Å². The van der Waals surface area contributed by atoms with Crippen molar-refractivity contribution in [1.29, 1.82) is 0 Å². The first-order chi connectivity index (χ1) is 9.98. The Morgan fingerprint density at radius 2 is 1.95 bits per heavy atom. The lowest BCUT2D eigenvalue weighted by Crippen LogP contribution is -2.32. The predicted octanol–water partition coefficient (Wildman–Crippen LogP) is 3.80. The van der Waals surface area contributed by atoms with Gasteiger partial charge in [0.25, 0.3) is 0 Å². The van der Waals surface area contributed by atoms with Gasteiger partial charge in [-0.15, -0.1) is 11.6 Å². The highest BCUT2D eigenvalue weighted by Crippen LogP contribution is 2.28.